The summed E-state index contributed by atoms with van der Waals surface area (Å²) in [5, 5.41) is 9.77. The molecule has 0 saturated heterocycles. The van der Waals surface area contributed by atoms with Crippen molar-refractivity contribution in [2.75, 3.05) is 6.54 Å². The van der Waals surface area contributed by atoms with Crippen LogP contribution in [0.2, 0.25) is 0 Å². The highest BCUT2D eigenvalue weighted by molar-refractivity contribution is 5.77. The summed E-state index contributed by atoms with van der Waals surface area (Å²) >= 11 is 0. The van der Waals surface area contributed by atoms with Crippen molar-refractivity contribution in [1.29, 1.82) is 0 Å². The average molecular weight is 131 g/mol. The quantitative estimate of drug-likeness (QED) is 0.413. The summed E-state index contributed by atoms with van der Waals surface area (Å²) in [6.45, 7) is 2.65. The highest BCUT2D eigenvalue weighted by Crippen LogP contribution is 1.94. The normalized spacial score (nSPS) is 12.7. The molecule has 0 bridgehead atoms. The van der Waals surface area contributed by atoms with E-state index in [0.29, 0.717) is 0 Å². The Morgan fingerprint density at radius 3 is 2.33 bits per heavy atom. The Morgan fingerprint density at radius 1 is 1.78 bits per heavy atom. The zero-order valence-corrected chi connectivity index (χ0v) is 5.46. The van der Waals surface area contributed by atoms with Crippen LogP contribution in [0.3, 0.4) is 0 Å². The first kappa shape index (κ1) is 8.07. The van der Waals surface area contributed by atoms with Gasteiger partial charge in [0.05, 0.1) is 5.92 Å². The molecule has 4 heteroatoms. The number of nitrogens with zero attached hydrogens (tertiary/aromatic N) is 1. The summed E-state index contributed by atoms with van der Waals surface area (Å²) in [4.78, 5) is 19.7. The first-order valence-corrected chi connectivity index (χ1v) is 2.66. The molecule has 0 spiro atoms. The van der Waals surface area contributed by atoms with Gasteiger partial charge in [0, 0.05) is 4.92 Å². The number of nitro groups is 1. The van der Waals surface area contributed by atoms with Gasteiger partial charge in [-0.2, -0.15) is 0 Å². The summed E-state index contributed by atoms with van der Waals surface area (Å²) in [5.41, 5.74) is 0. The molecule has 0 fully saturated rings. The van der Waals surface area contributed by atoms with E-state index in [1.807, 2.05) is 0 Å². The van der Waals surface area contributed by atoms with Gasteiger partial charge in [-0.1, -0.05) is 0 Å². The van der Waals surface area contributed by atoms with Gasteiger partial charge in [-0.05, 0) is 13.8 Å². The fourth-order valence-corrected chi connectivity index (χ4v) is 0.352. The van der Waals surface area contributed by atoms with Gasteiger partial charge in [0.1, 0.15) is 5.78 Å². The fourth-order valence-electron chi connectivity index (χ4n) is 0.352. The van der Waals surface area contributed by atoms with Gasteiger partial charge in [0.25, 0.3) is 0 Å². The Hall–Kier alpha value is -0.930. The Balaban J connectivity index is 3.63. The molecule has 0 amide bonds. The molecular formula is C5H9NO3. The number of rotatable bonds is 3. The van der Waals surface area contributed by atoms with Gasteiger partial charge in [-0.25, -0.2) is 0 Å². The van der Waals surface area contributed by atoms with Crippen LogP contribution in [0.15, 0.2) is 0 Å². The smallest absolute Gasteiger partial charge is 0.213 e. The van der Waals surface area contributed by atoms with Crippen molar-refractivity contribution in [3.05, 3.63) is 10.1 Å². The van der Waals surface area contributed by atoms with Gasteiger partial charge in [0.2, 0.25) is 6.54 Å². The summed E-state index contributed by atoms with van der Waals surface area (Å²) in [7, 11) is 0. The first-order valence-electron chi connectivity index (χ1n) is 2.66. The molecule has 1 atom stereocenters. The van der Waals surface area contributed by atoms with Gasteiger partial charge < -0.3 is 0 Å². The highest BCUT2D eigenvalue weighted by Gasteiger charge is 2.12. The summed E-state index contributed by atoms with van der Waals surface area (Å²) < 4.78 is 0. The minimum atomic E-state index is -0.480. The van der Waals surface area contributed by atoms with E-state index in [2.05, 4.69) is 0 Å². The topological polar surface area (TPSA) is 60.2 Å². The Bertz CT molecular complexity index is 132. The molecule has 0 unspecified atom stereocenters. The molecule has 0 saturated carbocycles. The molecule has 0 aliphatic carbocycles. The van der Waals surface area contributed by atoms with E-state index in [4.69, 9.17) is 0 Å². The van der Waals surface area contributed by atoms with Crippen LogP contribution >= 0.6 is 0 Å². The van der Waals surface area contributed by atoms with E-state index in [1.165, 1.54) is 6.92 Å². The van der Waals surface area contributed by atoms with Crippen LogP contribution in [0.1, 0.15) is 13.8 Å². The molecule has 0 aliphatic rings. The zero-order valence-electron chi connectivity index (χ0n) is 5.46. The molecule has 0 heterocycles. The number of hydrogen-bond acceptors (Lipinski definition) is 3. The molecule has 52 valence electrons. The lowest BCUT2D eigenvalue weighted by Crippen LogP contribution is -2.17. The van der Waals surface area contributed by atoms with Crippen LogP contribution in [-0.4, -0.2) is 17.3 Å². The number of carbonyl (C=O) groups excluding carboxylic acids is 1. The van der Waals surface area contributed by atoms with E-state index >= 15 is 0 Å². The molecule has 0 N–H and O–H groups in total. The van der Waals surface area contributed by atoms with Crippen LogP contribution in [0.5, 0.6) is 0 Å². The van der Waals surface area contributed by atoms with E-state index in [9.17, 15) is 14.9 Å². The zero-order chi connectivity index (χ0) is 7.44. The molecule has 0 aliphatic heterocycles. The third kappa shape index (κ3) is 3.64. The minimum Gasteiger partial charge on any atom is -0.299 e. The second-order valence-corrected chi connectivity index (χ2v) is 2.03. The van der Waals surface area contributed by atoms with E-state index in [-0.39, 0.29) is 12.3 Å². The molecule has 0 rings (SSSR count). The van der Waals surface area contributed by atoms with E-state index < -0.39 is 10.8 Å². The number of Topliss-reactive ketones (excluding diaryl/α,β-unsaturated/α-hetero) is 1. The van der Waals surface area contributed by atoms with Crippen LogP contribution in [0.25, 0.3) is 0 Å². The Kier molecular flexibility index (Phi) is 2.84. The lowest BCUT2D eigenvalue weighted by Gasteiger charge is -1.97. The van der Waals surface area contributed by atoms with Gasteiger partial charge in [-0.15, -0.1) is 0 Å². The second-order valence-electron chi connectivity index (χ2n) is 2.03. The van der Waals surface area contributed by atoms with E-state index in [1.54, 1.807) is 6.92 Å². The van der Waals surface area contributed by atoms with Gasteiger partial charge in [0.15, 0.2) is 0 Å². The lowest BCUT2D eigenvalue weighted by atomic mass is 10.1. The predicted octanol–water partition coefficient (Wildman–Crippen LogP) is 0.488. The van der Waals surface area contributed by atoms with Gasteiger partial charge >= 0.3 is 0 Å². The minimum absolute atomic E-state index is 0.133. The maximum atomic E-state index is 10.4. The van der Waals surface area contributed by atoms with Crippen molar-refractivity contribution in [1.82, 2.24) is 0 Å². The third-order valence-corrected chi connectivity index (χ3v) is 1.12. The maximum Gasteiger partial charge on any atom is 0.213 e. The predicted molar refractivity (Wildman–Crippen MR) is 31.7 cm³/mol. The largest absolute Gasteiger partial charge is 0.299 e. The molecule has 0 aromatic carbocycles. The first-order chi connectivity index (χ1) is 4.04. The molecule has 0 aromatic heterocycles. The number of carbonyl (C=O) groups is 1. The number of ketones is 1. The summed E-state index contributed by atoms with van der Waals surface area (Å²) in [5.74, 6) is -0.577. The van der Waals surface area contributed by atoms with Crippen molar-refractivity contribution in [3.63, 3.8) is 0 Å². The van der Waals surface area contributed by atoms with Crippen molar-refractivity contribution >= 4 is 5.78 Å². The van der Waals surface area contributed by atoms with Crippen molar-refractivity contribution in [2.24, 2.45) is 5.92 Å². The second kappa shape index (κ2) is 3.17. The lowest BCUT2D eigenvalue weighted by molar-refractivity contribution is -0.484. The molecule has 4 nitrogen and oxygen atoms in total. The third-order valence-electron chi connectivity index (χ3n) is 1.12. The van der Waals surface area contributed by atoms with Crippen molar-refractivity contribution < 1.29 is 9.72 Å². The number of hydrogen-bond donors (Lipinski definition) is 0. The summed E-state index contributed by atoms with van der Waals surface area (Å²) in [6, 6.07) is 0. The monoisotopic (exact) mass is 131 g/mol. The van der Waals surface area contributed by atoms with Crippen LogP contribution < -0.4 is 0 Å². The summed E-state index contributed by atoms with van der Waals surface area (Å²) in [6.07, 6.45) is 0. The van der Waals surface area contributed by atoms with E-state index in [0.717, 1.165) is 0 Å². The Labute approximate surface area is 53.0 Å². The average Bonchev–Trinajstić information content (AvgIpc) is 1.63. The van der Waals surface area contributed by atoms with Crippen LogP contribution in [0.4, 0.5) is 0 Å². The molecule has 9 heavy (non-hydrogen) atoms. The SMILES string of the molecule is CC(=O)[C@H](C)C[N+](=O)[O-]. The highest BCUT2D eigenvalue weighted by atomic mass is 16.6. The van der Waals surface area contributed by atoms with Crippen LogP contribution in [-0.2, 0) is 4.79 Å². The van der Waals surface area contributed by atoms with Gasteiger partial charge in [-0.3, -0.25) is 14.9 Å². The molecular weight excluding hydrogens is 122 g/mol. The maximum absolute atomic E-state index is 10.4. The van der Waals surface area contributed by atoms with Crippen molar-refractivity contribution in [3.8, 4) is 0 Å². The molecule has 0 radical (unpaired) electrons. The Morgan fingerprint density at radius 2 is 2.22 bits per heavy atom. The fraction of sp³-hybridized carbons (Fsp3) is 0.800. The van der Waals surface area contributed by atoms with Crippen molar-refractivity contribution in [2.45, 2.75) is 13.8 Å². The molecule has 0 aromatic rings. The van der Waals surface area contributed by atoms with Crippen LogP contribution in [0, 0.1) is 16.0 Å². The standard InChI is InChI=1S/C5H9NO3/c1-4(5(2)7)3-6(8)9/h4H,3H2,1-2H3/t4-/m1/s1.